The van der Waals surface area contributed by atoms with Gasteiger partial charge >= 0.3 is 0 Å². The summed E-state index contributed by atoms with van der Waals surface area (Å²) < 4.78 is 0. The molecule has 0 radical (unpaired) electrons. The van der Waals surface area contributed by atoms with Gasteiger partial charge in [-0.3, -0.25) is 14.5 Å². The molecule has 0 aliphatic carbocycles. The minimum Gasteiger partial charge on any atom is -0.342 e. The minimum absolute atomic E-state index is 0.179. The quantitative estimate of drug-likeness (QED) is 0.771. The summed E-state index contributed by atoms with van der Waals surface area (Å²) in [6.07, 6.45) is 11.3. The van der Waals surface area contributed by atoms with Crippen molar-refractivity contribution in [3.05, 3.63) is 0 Å². The first kappa shape index (κ1) is 19.7. The molecule has 3 rings (SSSR count). The molecule has 0 saturated carbocycles. The van der Waals surface area contributed by atoms with E-state index in [1.165, 1.54) is 19.3 Å². The van der Waals surface area contributed by atoms with Crippen molar-refractivity contribution in [3.8, 4) is 0 Å². The minimum atomic E-state index is 0.179. The Hall–Kier alpha value is -1.10. The summed E-state index contributed by atoms with van der Waals surface area (Å²) in [5.41, 5.74) is 0. The number of likely N-dealkylation sites (tertiary alicyclic amines) is 3. The van der Waals surface area contributed by atoms with Crippen LogP contribution in [0.15, 0.2) is 0 Å². The van der Waals surface area contributed by atoms with Crippen molar-refractivity contribution in [1.82, 2.24) is 14.7 Å². The molecular formula is C21H37N3O2. The van der Waals surface area contributed by atoms with Gasteiger partial charge in [0.15, 0.2) is 0 Å². The number of carbonyl (C=O) groups is 2. The smallest absolute Gasteiger partial charge is 0.236 e. The summed E-state index contributed by atoms with van der Waals surface area (Å²) in [5, 5.41) is 0. The molecule has 26 heavy (non-hydrogen) atoms. The Balaban J connectivity index is 1.44. The second kappa shape index (κ2) is 9.72. The van der Waals surface area contributed by atoms with Gasteiger partial charge in [0, 0.05) is 31.6 Å². The lowest BCUT2D eigenvalue weighted by Crippen LogP contribution is -2.50. The van der Waals surface area contributed by atoms with Crippen LogP contribution in [0.25, 0.3) is 0 Å². The number of nitrogens with zero attached hydrogens (tertiary/aromatic N) is 3. The highest BCUT2D eigenvalue weighted by atomic mass is 16.2. The third kappa shape index (κ3) is 4.99. The lowest BCUT2D eigenvalue weighted by atomic mass is 9.95. The first-order valence-electron chi connectivity index (χ1n) is 11.0. The molecule has 0 aromatic carbocycles. The van der Waals surface area contributed by atoms with Crippen LogP contribution in [0.4, 0.5) is 0 Å². The predicted octanol–water partition coefficient (Wildman–Crippen LogP) is 2.89. The fraction of sp³-hybridized carbons (Fsp3) is 0.905. The SMILES string of the molecule is CCC1CCCCN1C(=O)CN1CCC(C(=O)N2CCCCCC2)CC1. The van der Waals surface area contributed by atoms with Crippen molar-refractivity contribution in [2.24, 2.45) is 5.92 Å². The standard InChI is InChI=1S/C21H37N3O2/c1-2-19-9-5-8-14-24(19)20(25)17-22-15-10-18(11-16-22)21(26)23-12-6-3-4-7-13-23/h18-19H,2-17H2,1H3. The Labute approximate surface area is 159 Å². The lowest BCUT2D eigenvalue weighted by molar-refractivity contribution is -0.138. The average molecular weight is 364 g/mol. The highest BCUT2D eigenvalue weighted by Gasteiger charge is 2.31. The van der Waals surface area contributed by atoms with Crippen molar-refractivity contribution in [3.63, 3.8) is 0 Å². The molecule has 0 spiro atoms. The van der Waals surface area contributed by atoms with E-state index in [4.69, 9.17) is 0 Å². The van der Waals surface area contributed by atoms with E-state index in [0.717, 1.165) is 77.7 Å². The van der Waals surface area contributed by atoms with E-state index < -0.39 is 0 Å². The topological polar surface area (TPSA) is 43.9 Å². The molecule has 2 amide bonds. The lowest BCUT2D eigenvalue weighted by Gasteiger charge is -2.38. The fourth-order valence-corrected chi connectivity index (χ4v) is 4.92. The number of amides is 2. The molecule has 5 nitrogen and oxygen atoms in total. The van der Waals surface area contributed by atoms with Gasteiger partial charge in [-0.15, -0.1) is 0 Å². The zero-order valence-corrected chi connectivity index (χ0v) is 16.6. The molecule has 3 aliphatic rings. The van der Waals surface area contributed by atoms with Crippen LogP contribution >= 0.6 is 0 Å². The maximum absolute atomic E-state index is 12.8. The van der Waals surface area contributed by atoms with Crippen molar-refractivity contribution >= 4 is 11.8 Å². The molecule has 3 heterocycles. The molecule has 0 bridgehead atoms. The first-order valence-corrected chi connectivity index (χ1v) is 11.0. The van der Waals surface area contributed by atoms with Crippen molar-refractivity contribution in [2.75, 3.05) is 39.3 Å². The fourth-order valence-electron chi connectivity index (χ4n) is 4.92. The summed E-state index contributed by atoms with van der Waals surface area (Å²) >= 11 is 0. The summed E-state index contributed by atoms with van der Waals surface area (Å²) in [4.78, 5) is 32.0. The highest BCUT2D eigenvalue weighted by Crippen LogP contribution is 2.23. The Morgan fingerprint density at radius 3 is 2.12 bits per heavy atom. The number of carbonyl (C=O) groups excluding carboxylic acids is 2. The molecule has 0 N–H and O–H groups in total. The Bertz CT molecular complexity index is 466. The van der Waals surface area contributed by atoms with Crippen LogP contribution < -0.4 is 0 Å². The number of hydrogen-bond acceptors (Lipinski definition) is 3. The Morgan fingerprint density at radius 1 is 0.808 bits per heavy atom. The van der Waals surface area contributed by atoms with Crippen LogP contribution in [-0.2, 0) is 9.59 Å². The molecular weight excluding hydrogens is 326 g/mol. The van der Waals surface area contributed by atoms with E-state index in [1.807, 2.05) is 0 Å². The van der Waals surface area contributed by atoms with Gasteiger partial charge in [0.05, 0.1) is 6.54 Å². The van der Waals surface area contributed by atoms with Crippen LogP contribution in [0.1, 0.15) is 71.1 Å². The van der Waals surface area contributed by atoms with Crippen LogP contribution in [0.5, 0.6) is 0 Å². The largest absolute Gasteiger partial charge is 0.342 e. The first-order chi connectivity index (χ1) is 12.7. The van der Waals surface area contributed by atoms with Gasteiger partial charge < -0.3 is 9.80 Å². The van der Waals surface area contributed by atoms with E-state index in [2.05, 4.69) is 21.6 Å². The van der Waals surface area contributed by atoms with Crippen molar-refractivity contribution < 1.29 is 9.59 Å². The molecule has 3 fully saturated rings. The average Bonchev–Trinajstić information content (AvgIpc) is 2.97. The molecule has 3 aliphatic heterocycles. The number of hydrogen-bond donors (Lipinski definition) is 0. The second-order valence-corrected chi connectivity index (χ2v) is 8.43. The Morgan fingerprint density at radius 2 is 1.46 bits per heavy atom. The van der Waals surface area contributed by atoms with Gasteiger partial charge in [0.2, 0.25) is 11.8 Å². The van der Waals surface area contributed by atoms with E-state index in [-0.39, 0.29) is 5.92 Å². The molecule has 148 valence electrons. The second-order valence-electron chi connectivity index (χ2n) is 8.43. The summed E-state index contributed by atoms with van der Waals surface area (Å²) in [6.45, 7) is 7.34. The van der Waals surface area contributed by atoms with Gasteiger partial charge in [0.25, 0.3) is 0 Å². The highest BCUT2D eigenvalue weighted by molar-refractivity contribution is 5.80. The van der Waals surface area contributed by atoms with Crippen molar-refractivity contribution in [1.29, 1.82) is 0 Å². The Kier molecular flexibility index (Phi) is 7.35. The third-order valence-electron chi connectivity index (χ3n) is 6.63. The maximum Gasteiger partial charge on any atom is 0.236 e. The van der Waals surface area contributed by atoms with E-state index in [1.54, 1.807) is 0 Å². The molecule has 1 unspecified atom stereocenters. The zero-order valence-electron chi connectivity index (χ0n) is 16.6. The van der Waals surface area contributed by atoms with E-state index in [0.29, 0.717) is 24.4 Å². The number of piperidine rings is 2. The predicted molar refractivity (Wildman–Crippen MR) is 104 cm³/mol. The molecule has 3 saturated heterocycles. The number of rotatable bonds is 4. The summed E-state index contributed by atoms with van der Waals surface area (Å²) in [5.74, 6) is 0.853. The van der Waals surface area contributed by atoms with Gasteiger partial charge in [-0.05, 0) is 64.5 Å². The molecule has 0 aromatic rings. The summed E-state index contributed by atoms with van der Waals surface area (Å²) in [7, 11) is 0. The normalized spacial score (nSPS) is 26.6. The van der Waals surface area contributed by atoms with Crippen molar-refractivity contribution in [2.45, 2.75) is 77.2 Å². The van der Waals surface area contributed by atoms with Crippen LogP contribution in [0.3, 0.4) is 0 Å². The third-order valence-corrected chi connectivity index (χ3v) is 6.63. The zero-order chi connectivity index (χ0) is 18.4. The van der Waals surface area contributed by atoms with Gasteiger partial charge in [-0.2, -0.15) is 0 Å². The van der Waals surface area contributed by atoms with Crippen LogP contribution in [0, 0.1) is 5.92 Å². The van der Waals surface area contributed by atoms with Crippen LogP contribution in [-0.4, -0.2) is 71.8 Å². The van der Waals surface area contributed by atoms with Gasteiger partial charge in [-0.1, -0.05) is 19.8 Å². The van der Waals surface area contributed by atoms with Crippen LogP contribution in [0.2, 0.25) is 0 Å². The molecule has 5 heteroatoms. The van der Waals surface area contributed by atoms with Gasteiger partial charge in [0.1, 0.15) is 0 Å². The molecule has 0 aromatic heterocycles. The van der Waals surface area contributed by atoms with E-state index in [9.17, 15) is 9.59 Å². The summed E-state index contributed by atoms with van der Waals surface area (Å²) in [6, 6.07) is 0.443. The maximum atomic E-state index is 12.8. The van der Waals surface area contributed by atoms with Gasteiger partial charge in [-0.25, -0.2) is 0 Å². The van der Waals surface area contributed by atoms with E-state index >= 15 is 0 Å². The monoisotopic (exact) mass is 363 g/mol. The molecule has 1 atom stereocenters.